The van der Waals surface area contributed by atoms with Crippen LogP contribution < -0.4 is 0 Å². The second-order valence-corrected chi connectivity index (χ2v) is 8.06. The molecule has 8 heteroatoms. The van der Waals surface area contributed by atoms with E-state index < -0.39 is 5.97 Å². The van der Waals surface area contributed by atoms with Gasteiger partial charge in [0.1, 0.15) is 0 Å². The number of carbonyl (C=O) groups is 2. The summed E-state index contributed by atoms with van der Waals surface area (Å²) in [5, 5.41) is 8.91. The Morgan fingerprint density at radius 1 is 1.29 bits per heavy atom. The summed E-state index contributed by atoms with van der Waals surface area (Å²) in [5.41, 5.74) is 0.961. The van der Waals surface area contributed by atoms with Gasteiger partial charge in [-0.2, -0.15) is 0 Å². The second kappa shape index (κ2) is 9.61. The van der Waals surface area contributed by atoms with Crippen LogP contribution in [0.25, 0.3) is 0 Å². The van der Waals surface area contributed by atoms with Crippen LogP contribution in [0.4, 0.5) is 0 Å². The maximum Gasteiger partial charge on any atom is 0.305 e. The van der Waals surface area contributed by atoms with Gasteiger partial charge in [-0.15, -0.1) is 11.3 Å². The van der Waals surface area contributed by atoms with Crippen molar-refractivity contribution in [3.8, 4) is 0 Å². The van der Waals surface area contributed by atoms with E-state index in [1.165, 1.54) is 11.3 Å². The molecule has 1 aliphatic rings. The molecule has 0 atom stereocenters. The van der Waals surface area contributed by atoms with Crippen LogP contribution in [0.2, 0.25) is 8.67 Å². The molecule has 2 heterocycles. The lowest BCUT2D eigenvalue weighted by atomic mass is 10.0. The predicted molar refractivity (Wildman–Crippen MR) is 95.1 cm³/mol. The molecule has 24 heavy (non-hydrogen) atoms. The first-order chi connectivity index (χ1) is 11.5. The third-order valence-corrected chi connectivity index (χ3v) is 5.65. The lowest BCUT2D eigenvalue weighted by Gasteiger charge is -2.34. The fourth-order valence-electron chi connectivity index (χ4n) is 2.84. The van der Waals surface area contributed by atoms with Crippen molar-refractivity contribution in [3.05, 3.63) is 20.3 Å². The molecule has 0 aromatic carbocycles. The van der Waals surface area contributed by atoms with E-state index in [1.807, 2.05) is 6.07 Å². The Morgan fingerprint density at radius 2 is 2.00 bits per heavy atom. The zero-order chi connectivity index (χ0) is 17.5. The molecule has 134 valence electrons. The summed E-state index contributed by atoms with van der Waals surface area (Å²) in [5.74, 6) is -0.889. The average Bonchev–Trinajstić information content (AvgIpc) is 2.86. The molecular weight excluding hydrogens is 373 g/mol. The number of amides is 1. The van der Waals surface area contributed by atoms with Gasteiger partial charge in [-0.3, -0.25) is 9.59 Å². The van der Waals surface area contributed by atoms with Gasteiger partial charge in [0.15, 0.2) is 0 Å². The van der Waals surface area contributed by atoms with Gasteiger partial charge in [0.05, 0.1) is 15.1 Å². The van der Waals surface area contributed by atoms with Gasteiger partial charge in [-0.1, -0.05) is 23.2 Å². The number of carboxylic acids is 1. The number of nitrogens with zero attached hydrogens (tertiary/aromatic N) is 1. The normalized spacial score (nSPS) is 15.4. The van der Waals surface area contributed by atoms with Crippen molar-refractivity contribution < 1.29 is 19.4 Å². The SMILES string of the molecule is O=C(O)CCN(C(=O)CCCc1cc(Cl)sc1Cl)C1CCOCC1. The first-order valence-corrected chi connectivity index (χ1v) is 9.57. The smallest absolute Gasteiger partial charge is 0.305 e. The highest BCUT2D eigenvalue weighted by atomic mass is 35.5. The van der Waals surface area contributed by atoms with E-state index in [1.54, 1.807) is 4.90 Å². The Hall–Kier alpha value is -0.820. The molecule has 1 aromatic heterocycles. The number of rotatable bonds is 8. The Kier molecular flexibility index (Phi) is 7.81. The lowest BCUT2D eigenvalue weighted by molar-refractivity contribution is -0.140. The van der Waals surface area contributed by atoms with Crippen molar-refractivity contribution in [2.45, 2.75) is 44.6 Å². The molecule has 0 unspecified atom stereocenters. The highest BCUT2D eigenvalue weighted by Crippen LogP contribution is 2.32. The third-order valence-electron chi connectivity index (χ3n) is 4.08. The molecule has 0 saturated carbocycles. The zero-order valence-corrected chi connectivity index (χ0v) is 15.6. The first-order valence-electron chi connectivity index (χ1n) is 8.00. The quantitative estimate of drug-likeness (QED) is 0.727. The van der Waals surface area contributed by atoms with Gasteiger partial charge in [-0.25, -0.2) is 0 Å². The van der Waals surface area contributed by atoms with Gasteiger partial charge >= 0.3 is 5.97 Å². The van der Waals surface area contributed by atoms with Gasteiger partial charge in [0.25, 0.3) is 0 Å². The van der Waals surface area contributed by atoms with Crippen LogP contribution in [0.15, 0.2) is 6.07 Å². The standard InChI is InChI=1S/C16H21Cl2NO4S/c17-13-10-11(16(18)24-13)2-1-3-14(20)19(7-4-15(21)22)12-5-8-23-9-6-12/h10,12H,1-9H2,(H,21,22). The van der Waals surface area contributed by atoms with Gasteiger partial charge < -0.3 is 14.7 Å². The summed E-state index contributed by atoms with van der Waals surface area (Å²) in [6, 6.07) is 1.91. The maximum absolute atomic E-state index is 12.6. The minimum absolute atomic E-state index is 0.000555. The van der Waals surface area contributed by atoms with Crippen LogP contribution in [-0.4, -0.2) is 47.7 Å². The second-order valence-electron chi connectivity index (χ2n) is 5.78. The Balaban J connectivity index is 1.88. The molecule has 0 bridgehead atoms. The number of thiophene rings is 1. The fourth-order valence-corrected chi connectivity index (χ4v) is 4.39. The van der Waals surface area contributed by atoms with E-state index in [4.69, 9.17) is 33.0 Å². The fraction of sp³-hybridized carbons (Fsp3) is 0.625. The maximum atomic E-state index is 12.6. The van der Waals surface area contributed by atoms with E-state index in [-0.39, 0.29) is 24.9 Å². The Morgan fingerprint density at radius 3 is 2.58 bits per heavy atom. The van der Waals surface area contributed by atoms with Crippen LogP contribution in [0, 0.1) is 0 Å². The molecule has 2 rings (SSSR count). The van der Waals surface area contributed by atoms with Gasteiger partial charge in [0.2, 0.25) is 5.91 Å². The summed E-state index contributed by atoms with van der Waals surface area (Å²) in [7, 11) is 0. The minimum atomic E-state index is -0.889. The Bertz CT molecular complexity index is 572. The molecule has 1 N–H and O–H groups in total. The summed E-state index contributed by atoms with van der Waals surface area (Å²) < 4.78 is 6.64. The molecule has 0 spiro atoms. The third kappa shape index (κ3) is 5.92. The van der Waals surface area contributed by atoms with Crippen molar-refractivity contribution in [2.75, 3.05) is 19.8 Å². The monoisotopic (exact) mass is 393 g/mol. The van der Waals surface area contributed by atoms with Gasteiger partial charge in [0, 0.05) is 32.2 Å². The van der Waals surface area contributed by atoms with Crippen molar-refractivity contribution in [2.24, 2.45) is 0 Å². The highest BCUT2D eigenvalue weighted by Gasteiger charge is 2.25. The number of carboxylic acid groups (broad SMARTS) is 1. The van der Waals surface area contributed by atoms with E-state index >= 15 is 0 Å². The van der Waals surface area contributed by atoms with Crippen LogP contribution in [0.1, 0.15) is 37.7 Å². The van der Waals surface area contributed by atoms with E-state index in [2.05, 4.69) is 0 Å². The summed E-state index contributed by atoms with van der Waals surface area (Å²) in [6.07, 6.45) is 3.22. The van der Waals surface area contributed by atoms with Crippen molar-refractivity contribution in [1.29, 1.82) is 0 Å². The molecule has 0 aliphatic carbocycles. The molecule has 1 amide bonds. The number of ether oxygens (including phenoxy) is 1. The summed E-state index contributed by atoms with van der Waals surface area (Å²) in [6.45, 7) is 1.49. The van der Waals surface area contributed by atoms with Crippen molar-refractivity contribution >= 4 is 46.4 Å². The largest absolute Gasteiger partial charge is 0.481 e. The van der Waals surface area contributed by atoms with Crippen LogP contribution in [0.3, 0.4) is 0 Å². The number of aliphatic carboxylic acids is 1. The molecule has 5 nitrogen and oxygen atoms in total. The molecule has 1 saturated heterocycles. The zero-order valence-electron chi connectivity index (χ0n) is 13.3. The number of carbonyl (C=O) groups excluding carboxylic acids is 1. The topological polar surface area (TPSA) is 66.8 Å². The minimum Gasteiger partial charge on any atom is -0.481 e. The van der Waals surface area contributed by atoms with E-state index in [0.29, 0.717) is 41.1 Å². The molecular formula is C16H21Cl2NO4S. The van der Waals surface area contributed by atoms with Crippen molar-refractivity contribution in [3.63, 3.8) is 0 Å². The van der Waals surface area contributed by atoms with Gasteiger partial charge in [-0.05, 0) is 37.3 Å². The molecule has 1 fully saturated rings. The van der Waals surface area contributed by atoms with Crippen molar-refractivity contribution in [1.82, 2.24) is 4.90 Å². The lowest BCUT2D eigenvalue weighted by Crippen LogP contribution is -2.44. The predicted octanol–water partition coefficient (Wildman–Crippen LogP) is 3.86. The number of aryl methyl sites for hydroxylation is 1. The Labute approximate surface area is 155 Å². The van der Waals surface area contributed by atoms with Crippen LogP contribution >= 0.6 is 34.5 Å². The molecule has 1 aliphatic heterocycles. The van der Waals surface area contributed by atoms with Crippen LogP contribution in [-0.2, 0) is 20.7 Å². The average molecular weight is 394 g/mol. The van der Waals surface area contributed by atoms with Crippen LogP contribution in [0.5, 0.6) is 0 Å². The first kappa shape index (κ1) is 19.5. The molecule has 0 radical (unpaired) electrons. The summed E-state index contributed by atoms with van der Waals surface area (Å²) in [4.78, 5) is 25.2. The molecule has 1 aromatic rings. The number of halogens is 2. The van der Waals surface area contributed by atoms with E-state index in [0.717, 1.165) is 18.4 Å². The summed E-state index contributed by atoms with van der Waals surface area (Å²) >= 11 is 13.3. The van der Waals surface area contributed by atoms with E-state index in [9.17, 15) is 9.59 Å². The number of hydrogen-bond donors (Lipinski definition) is 1. The highest BCUT2D eigenvalue weighted by molar-refractivity contribution is 7.20. The number of hydrogen-bond acceptors (Lipinski definition) is 4.